The Morgan fingerprint density at radius 2 is 1.86 bits per heavy atom. The molecule has 0 aliphatic heterocycles. The van der Waals surface area contributed by atoms with Gasteiger partial charge in [-0.2, -0.15) is 0 Å². The van der Waals surface area contributed by atoms with Gasteiger partial charge in [-0.05, 0) is 43.9 Å². The lowest BCUT2D eigenvalue weighted by molar-refractivity contribution is 0.311. The van der Waals surface area contributed by atoms with Gasteiger partial charge in [0.25, 0.3) is 0 Å². The first-order chi connectivity index (χ1) is 10.5. The standard InChI is InChI=1S/C17H20ClFN2O/c1-21(2)16(12-4-6-13(18)7-5-12)11-20-15-10-14(19)8-9-17(15)22-3/h4-10,16,20H,11H2,1-3H3. The van der Waals surface area contributed by atoms with Gasteiger partial charge in [-0.15, -0.1) is 0 Å². The highest BCUT2D eigenvalue weighted by molar-refractivity contribution is 6.30. The number of rotatable bonds is 6. The van der Waals surface area contributed by atoms with Gasteiger partial charge >= 0.3 is 0 Å². The van der Waals surface area contributed by atoms with Crippen LogP contribution in [0.1, 0.15) is 11.6 Å². The number of methoxy groups -OCH3 is 1. The smallest absolute Gasteiger partial charge is 0.142 e. The molecule has 3 nitrogen and oxygen atoms in total. The first-order valence-corrected chi connectivity index (χ1v) is 7.38. The molecule has 0 amide bonds. The Balaban J connectivity index is 2.16. The monoisotopic (exact) mass is 322 g/mol. The molecule has 1 unspecified atom stereocenters. The Bertz CT molecular complexity index is 617. The summed E-state index contributed by atoms with van der Waals surface area (Å²) in [7, 11) is 5.58. The third kappa shape index (κ3) is 4.12. The second kappa shape index (κ2) is 7.47. The number of hydrogen-bond acceptors (Lipinski definition) is 3. The molecule has 0 bridgehead atoms. The van der Waals surface area contributed by atoms with Crippen LogP contribution < -0.4 is 10.1 Å². The molecule has 2 rings (SSSR count). The third-order valence-electron chi connectivity index (χ3n) is 3.53. The maximum atomic E-state index is 13.4. The second-order valence-electron chi connectivity index (χ2n) is 5.26. The SMILES string of the molecule is COc1ccc(F)cc1NCC(c1ccc(Cl)cc1)N(C)C. The van der Waals surface area contributed by atoms with Crippen LogP contribution in [0.15, 0.2) is 42.5 Å². The molecule has 0 aliphatic carbocycles. The summed E-state index contributed by atoms with van der Waals surface area (Å²) in [4.78, 5) is 2.10. The Morgan fingerprint density at radius 1 is 1.18 bits per heavy atom. The predicted octanol–water partition coefficient (Wildman–Crippen LogP) is 4.20. The van der Waals surface area contributed by atoms with Crippen LogP contribution in [0, 0.1) is 5.82 Å². The minimum absolute atomic E-state index is 0.130. The van der Waals surface area contributed by atoms with Crippen molar-refractivity contribution >= 4 is 17.3 Å². The van der Waals surface area contributed by atoms with Gasteiger partial charge in [0.2, 0.25) is 0 Å². The molecular formula is C17H20ClFN2O. The van der Waals surface area contributed by atoms with Gasteiger partial charge in [0.05, 0.1) is 18.8 Å². The van der Waals surface area contributed by atoms with Crippen molar-refractivity contribution in [2.75, 3.05) is 33.1 Å². The highest BCUT2D eigenvalue weighted by Crippen LogP contribution is 2.27. The molecule has 5 heteroatoms. The van der Waals surface area contributed by atoms with Crippen molar-refractivity contribution < 1.29 is 9.13 Å². The number of benzene rings is 2. The average molecular weight is 323 g/mol. The zero-order valence-corrected chi connectivity index (χ0v) is 13.7. The molecule has 0 saturated carbocycles. The summed E-state index contributed by atoms with van der Waals surface area (Å²) in [5.41, 5.74) is 1.78. The highest BCUT2D eigenvalue weighted by Gasteiger charge is 2.15. The fraction of sp³-hybridized carbons (Fsp3) is 0.294. The molecule has 0 spiro atoms. The van der Waals surface area contributed by atoms with E-state index in [-0.39, 0.29) is 11.9 Å². The predicted molar refractivity (Wildman–Crippen MR) is 89.3 cm³/mol. The van der Waals surface area contributed by atoms with Crippen LogP contribution in [0.4, 0.5) is 10.1 Å². The summed E-state index contributed by atoms with van der Waals surface area (Å²) in [5, 5.41) is 3.97. The van der Waals surface area contributed by atoms with E-state index >= 15 is 0 Å². The molecule has 2 aromatic carbocycles. The van der Waals surface area contributed by atoms with E-state index in [1.807, 2.05) is 38.4 Å². The van der Waals surface area contributed by atoms with E-state index in [1.54, 1.807) is 13.2 Å². The lowest BCUT2D eigenvalue weighted by Crippen LogP contribution is -2.27. The molecule has 0 aliphatic rings. The number of nitrogens with zero attached hydrogens (tertiary/aromatic N) is 1. The third-order valence-corrected chi connectivity index (χ3v) is 3.78. The van der Waals surface area contributed by atoms with Crippen molar-refractivity contribution in [3.8, 4) is 5.75 Å². The Kier molecular flexibility index (Phi) is 5.63. The van der Waals surface area contributed by atoms with Gasteiger partial charge in [-0.3, -0.25) is 0 Å². The van der Waals surface area contributed by atoms with Crippen molar-refractivity contribution in [1.82, 2.24) is 4.90 Å². The summed E-state index contributed by atoms with van der Waals surface area (Å²) in [6.45, 7) is 0.619. The van der Waals surface area contributed by atoms with Gasteiger partial charge in [0.1, 0.15) is 11.6 Å². The summed E-state index contributed by atoms with van der Waals surface area (Å²) in [5.74, 6) is 0.325. The zero-order valence-electron chi connectivity index (χ0n) is 12.9. The largest absolute Gasteiger partial charge is 0.495 e. The van der Waals surface area contributed by atoms with Crippen molar-refractivity contribution in [2.24, 2.45) is 0 Å². The Morgan fingerprint density at radius 3 is 2.45 bits per heavy atom. The molecule has 0 heterocycles. The molecule has 1 atom stereocenters. The summed E-state index contributed by atoms with van der Waals surface area (Å²) in [6.07, 6.45) is 0. The molecule has 1 N–H and O–H groups in total. The molecule has 0 radical (unpaired) electrons. The van der Waals surface area contributed by atoms with Gasteiger partial charge in [-0.25, -0.2) is 4.39 Å². The maximum absolute atomic E-state index is 13.4. The summed E-state index contributed by atoms with van der Waals surface area (Å²) < 4.78 is 18.7. The zero-order chi connectivity index (χ0) is 16.1. The molecule has 0 saturated heterocycles. The van der Waals surface area contributed by atoms with Crippen LogP contribution in [0.25, 0.3) is 0 Å². The quantitative estimate of drug-likeness (QED) is 0.862. The van der Waals surface area contributed by atoms with Gasteiger partial charge < -0.3 is 15.0 Å². The first-order valence-electron chi connectivity index (χ1n) is 7.00. The van der Waals surface area contributed by atoms with Crippen molar-refractivity contribution in [3.63, 3.8) is 0 Å². The number of likely N-dealkylation sites (N-methyl/N-ethyl adjacent to an activating group) is 1. The fourth-order valence-corrected chi connectivity index (χ4v) is 2.43. The number of anilines is 1. The molecule has 0 fully saturated rings. The Labute approximate surface area is 135 Å². The number of nitrogens with one attached hydrogen (secondary N) is 1. The molecular weight excluding hydrogens is 303 g/mol. The first kappa shape index (κ1) is 16.6. The number of hydrogen-bond donors (Lipinski definition) is 1. The molecule has 2 aromatic rings. The van der Waals surface area contributed by atoms with Crippen molar-refractivity contribution in [2.45, 2.75) is 6.04 Å². The maximum Gasteiger partial charge on any atom is 0.142 e. The van der Waals surface area contributed by atoms with Crippen LogP contribution in [-0.2, 0) is 0 Å². The lowest BCUT2D eigenvalue weighted by atomic mass is 10.1. The molecule has 118 valence electrons. The molecule has 0 aromatic heterocycles. The highest BCUT2D eigenvalue weighted by atomic mass is 35.5. The lowest BCUT2D eigenvalue weighted by Gasteiger charge is -2.26. The molecule has 22 heavy (non-hydrogen) atoms. The minimum Gasteiger partial charge on any atom is -0.495 e. The van der Waals surface area contributed by atoms with Crippen LogP contribution in [0.5, 0.6) is 5.75 Å². The van der Waals surface area contributed by atoms with E-state index in [2.05, 4.69) is 10.2 Å². The fourth-order valence-electron chi connectivity index (χ4n) is 2.31. The van der Waals surface area contributed by atoms with Gasteiger partial charge in [0.15, 0.2) is 0 Å². The van der Waals surface area contributed by atoms with Crippen LogP contribution in [-0.4, -0.2) is 32.6 Å². The normalized spacial score (nSPS) is 12.3. The van der Waals surface area contributed by atoms with Crippen molar-refractivity contribution in [3.05, 3.63) is 58.9 Å². The second-order valence-corrected chi connectivity index (χ2v) is 5.69. The summed E-state index contributed by atoms with van der Waals surface area (Å²) in [6, 6.07) is 12.3. The Hall–Kier alpha value is -1.78. The van der Waals surface area contributed by atoms with Crippen molar-refractivity contribution in [1.29, 1.82) is 0 Å². The van der Waals surface area contributed by atoms with E-state index in [0.29, 0.717) is 23.0 Å². The number of halogens is 2. The topological polar surface area (TPSA) is 24.5 Å². The van der Waals surface area contributed by atoms with Crippen LogP contribution >= 0.6 is 11.6 Å². The van der Waals surface area contributed by atoms with Crippen LogP contribution in [0.2, 0.25) is 5.02 Å². The van der Waals surface area contributed by atoms with E-state index < -0.39 is 0 Å². The van der Waals surface area contributed by atoms with Gasteiger partial charge in [-0.1, -0.05) is 23.7 Å². The van der Waals surface area contributed by atoms with E-state index in [9.17, 15) is 4.39 Å². The van der Waals surface area contributed by atoms with E-state index in [0.717, 1.165) is 5.56 Å². The minimum atomic E-state index is -0.295. The number of ether oxygens (including phenoxy) is 1. The van der Waals surface area contributed by atoms with Crippen LogP contribution in [0.3, 0.4) is 0 Å². The van der Waals surface area contributed by atoms with Gasteiger partial charge in [0, 0.05) is 17.6 Å². The summed E-state index contributed by atoms with van der Waals surface area (Å²) >= 11 is 5.94. The van der Waals surface area contributed by atoms with E-state index in [4.69, 9.17) is 16.3 Å². The van der Waals surface area contributed by atoms with E-state index in [1.165, 1.54) is 12.1 Å². The average Bonchev–Trinajstić information content (AvgIpc) is 2.49.